The molecule has 2 saturated heterocycles. The zero-order chi connectivity index (χ0) is 17.6. The Balaban J connectivity index is 1.55. The smallest absolute Gasteiger partial charge is 0.321 e. The number of likely N-dealkylation sites (tertiary alicyclic amines) is 2. The number of carbonyl (C=O) groups is 2. The van der Waals surface area contributed by atoms with Crippen molar-refractivity contribution >= 4 is 17.6 Å². The summed E-state index contributed by atoms with van der Waals surface area (Å²) in [6.07, 6.45) is 3.18. The Labute approximate surface area is 148 Å². The van der Waals surface area contributed by atoms with Gasteiger partial charge in [0, 0.05) is 37.8 Å². The number of hydrogen-bond acceptors (Lipinski definition) is 3. The summed E-state index contributed by atoms with van der Waals surface area (Å²) in [5.41, 5.74) is 0.763. The first kappa shape index (κ1) is 17.3. The maximum atomic E-state index is 12.8. The lowest BCUT2D eigenvalue weighted by atomic mass is 9.93. The van der Waals surface area contributed by atoms with Crippen molar-refractivity contribution in [2.24, 2.45) is 11.8 Å². The third kappa shape index (κ3) is 4.30. The minimum absolute atomic E-state index is 0.0727. The lowest BCUT2D eigenvalue weighted by molar-refractivity contribution is -0.138. The van der Waals surface area contributed by atoms with Crippen molar-refractivity contribution in [2.45, 2.75) is 25.7 Å². The van der Waals surface area contributed by atoms with Gasteiger partial charge in [-0.2, -0.15) is 5.26 Å². The molecule has 0 bridgehead atoms. The van der Waals surface area contributed by atoms with Crippen LogP contribution in [0.25, 0.3) is 0 Å². The molecule has 0 saturated carbocycles. The highest BCUT2D eigenvalue weighted by atomic mass is 16.2. The van der Waals surface area contributed by atoms with Gasteiger partial charge in [0.15, 0.2) is 0 Å². The van der Waals surface area contributed by atoms with E-state index in [1.165, 1.54) is 0 Å². The molecule has 2 heterocycles. The minimum Gasteiger partial charge on any atom is -0.342 e. The lowest BCUT2D eigenvalue weighted by Gasteiger charge is -2.36. The second-order valence-electron chi connectivity index (χ2n) is 6.81. The number of piperidine rings is 2. The molecule has 3 amide bonds. The fraction of sp³-hybridized carbons (Fsp3) is 0.526. The Morgan fingerprint density at radius 2 is 1.76 bits per heavy atom. The van der Waals surface area contributed by atoms with Gasteiger partial charge in [-0.05, 0) is 37.8 Å². The number of amides is 3. The molecule has 0 aliphatic carbocycles. The fourth-order valence-electron chi connectivity index (χ4n) is 3.57. The Bertz CT molecular complexity index is 647. The van der Waals surface area contributed by atoms with Gasteiger partial charge in [0.2, 0.25) is 5.91 Å². The molecule has 1 atom stereocenters. The van der Waals surface area contributed by atoms with E-state index in [0.29, 0.717) is 26.2 Å². The van der Waals surface area contributed by atoms with E-state index >= 15 is 0 Å². The number of carbonyl (C=O) groups excluding carboxylic acids is 2. The van der Waals surface area contributed by atoms with Crippen LogP contribution in [0.2, 0.25) is 0 Å². The molecule has 0 aromatic heterocycles. The van der Waals surface area contributed by atoms with Crippen molar-refractivity contribution < 1.29 is 9.59 Å². The quantitative estimate of drug-likeness (QED) is 0.899. The highest BCUT2D eigenvalue weighted by molar-refractivity contribution is 5.90. The van der Waals surface area contributed by atoms with E-state index in [2.05, 4.69) is 11.4 Å². The van der Waals surface area contributed by atoms with Crippen LogP contribution in [0, 0.1) is 23.2 Å². The number of rotatable bonds is 2. The van der Waals surface area contributed by atoms with Crippen molar-refractivity contribution in [3.05, 3.63) is 30.3 Å². The van der Waals surface area contributed by atoms with E-state index < -0.39 is 0 Å². The summed E-state index contributed by atoms with van der Waals surface area (Å²) in [6, 6.07) is 11.5. The predicted octanol–water partition coefficient (Wildman–Crippen LogP) is 2.69. The second-order valence-corrected chi connectivity index (χ2v) is 6.81. The Morgan fingerprint density at radius 3 is 2.44 bits per heavy atom. The molecule has 2 fully saturated rings. The number of nitrogens with one attached hydrogen (secondary N) is 1. The van der Waals surface area contributed by atoms with Gasteiger partial charge in [0.1, 0.15) is 0 Å². The summed E-state index contributed by atoms with van der Waals surface area (Å²) in [6.45, 7) is 2.46. The van der Waals surface area contributed by atoms with E-state index in [4.69, 9.17) is 5.26 Å². The van der Waals surface area contributed by atoms with Gasteiger partial charge >= 0.3 is 6.03 Å². The number of nitriles is 1. The zero-order valence-corrected chi connectivity index (χ0v) is 14.4. The van der Waals surface area contributed by atoms with Crippen molar-refractivity contribution in [3.8, 4) is 6.07 Å². The molecular weight excluding hydrogens is 316 g/mol. The molecule has 1 N–H and O–H groups in total. The van der Waals surface area contributed by atoms with Gasteiger partial charge in [-0.3, -0.25) is 4.79 Å². The summed E-state index contributed by atoms with van der Waals surface area (Å²) >= 11 is 0. The molecule has 1 aromatic carbocycles. The van der Waals surface area contributed by atoms with E-state index in [1.807, 2.05) is 35.2 Å². The van der Waals surface area contributed by atoms with Crippen LogP contribution in [-0.4, -0.2) is 47.9 Å². The maximum Gasteiger partial charge on any atom is 0.321 e. The molecule has 0 spiro atoms. The van der Waals surface area contributed by atoms with Crippen LogP contribution in [0.4, 0.5) is 10.5 Å². The number of anilines is 1. The Hall–Kier alpha value is -2.55. The van der Waals surface area contributed by atoms with Crippen LogP contribution in [0.15, 0.2) is 30.3 Å². The van der Waals surface area contributed by atoms with Gasteiger partial charge < -0.3 is 15.1 Å². The molecule has 2 aliphatic rings. The van der Waals surface area contributed by atoms with Crippen LogP contribution < -0.4 is 5.32 Å². The lowest BCUT2D eigenvalue weighted by Crippen LogP contribution is -2.49. The summed E-state index contributed by atoms with van der Waals surface area (Å²) < 4.78 is 0. The number of hydrogen-bond donors (Lipinski definition) is 1. The summed E-state index contributed by atoms with van der Waals surface area (Å²) in [5.74, 6) is 0.0751. The first-order valence-electron chi connectivity index (χ1n) is 8.97. The van der Waals surface area contributed by atoms with Gasteiger partial charge in [-0.15, -0.1) is 0 Å². The van der Waals surface area contributed by atoms with Crippen LogP contribution in [0.1, 0.15) is 25.7 Å². The first-order chi connectivity index (χ1) is 12.2. The molecule has 0 radical (unpaired) electrons. The van der Waals surface area contributed by atoms with E-state index in [-0.39, 0.29) is 23.8 Å². The Morgan fingerprint density at radius 1 is 1.04 bits per heavy atom. The van der Waals surface area contributed by atoms with Crippen molar-refractivity contribution in [2.75, 3.05) is 31.5 Å². The molecule has 2 aliphatic heterocycles. The average Bonchev–Trinajstić information content (AvgIpc) is 2.68. The number of urea groups is 1. The third-order valence-electron chi connectivity index (χ3n) is 5.07. The molecular formula is C19H24N4O2. The van der Waals surface area contributed by atoms with Crippen LogP contribution >= 0.6 is 0 Å². The van der Waals surface area contributed by atoms with Crippen LogP contribution in [-0.2, 0) is 4.79 Å². The van der Waals surface area contributed by atoms with Gasteiger partial charge in [-0.1, -0.05) is 18.2 Å². The first-order valence-corrected chi connectivity index (χ1v) is 8.97. The predicted molar refractivity (Wildman–Crippen MR) is 94.7 cm³/mol. The van der Waals surface area contributed by atoms with E-state index in [0.717, 1.165) is 31.4 Å². The summed E-state index contributed by atoms with van der Waals surface area (Å²) in [4.78, 5) is 28.8. The molecule has 6 nitrogen and oxygen atoms in total. The summed E-state index contributed by atoms with van der Waals surface area (Å²) in [7, 11) is 0. The second kappa shape index (κ2) is 8.02. The molecule has 1 unspecified atom stereocenters. The standard InChI is InChI=1S/C19H24N4O2/c20-13-15-8-11-22(12-9-15)18(24)16-5-4-10-23(14-16)19(25)21-17-6-2-1-3-7-17/h1-3,6-7,15-16H,4-5,8-12,14H2,(H,21,25). The highest BCUT2D eigenvalue weighted by Crippen LogP contribution is 2.23. The van der Waals surface area contributed by atoms with Gasteiger partial charge in [0.05, 0.1) is 12.0 Å². The Kier molecular flexibility index (Phi) is 5.54. The zero-order valence-electron chi connectivity index (χ0n) is 14.4. The topological polar surface area (TPSA) is 76.4 Å². The molecule has 132 valence electrons. The molecule has 1 aromatic rings. The van der Waals surface area contributed by atoms with E-state index in [9.17, 15) is 9.59 Å². The monoisotopic (exact) mass is 340 g/mol. The molecule has 25 heavy (non-hydrogen) atoms. The van der Waals surface area contributed by atoms with Crippen LogP contribution in [0.5, 0.6) is 0 Å². The number of para-hydroxylation sites is 1. The molecule has 3 rings (SSSR count). The normalized spacial score (nSPS) is 21.5. The number of nitrogens with zero attached hydrogens (tertiary/aromatic N) is 3. The fourth-order valence-corrected chi connectivity index (χ4v) is 3.57. The van der Waals surface area contributed by atoms with Gasteiger partial charge in [0.25, 0.3) is 0 Å². The van der Waals surface area contributed by atoms with Crippen molar-refractivity contribution in [1.82, 2.24) is 9.80 Å². The van der Waals surface area contributed by atoms with Crippen molar-refractivity contribution in [3.63, 3.8) is 0 Å². The van der Waals surface area contributed by atoms with Crippen molar-refractivity contribution in [1.29, 1.82) is 5.26 Å². The largest absolute Gasteiger partial charge is 0.342 e. The van der Waals surface area contributed by atoms with E-state index in [1.54, 1.807) is 4.90 Å². The SMILES string of the molecule is N#CC1CCN(C(=O)C2CCCN(C(=O)Nc3ccccc3)C2)CC1. The summed E-state index contributed by atoms with van der Waals surface area (Å²) in [5, 5.41) is 11.9. The maximum absolute atomic E-state index is 12.8. The minimum atomic E-state index is -0.146. The van der Waals surface area contributed by atoms with Crippen LogP contribution in [0.3, 0.4) is 0 Å². The number of benzene rings is 1. The third-order valence-corrected chi connectivity index (χ3v) is 5.07. The molecule has 6 heteroatoms. The average molecular weight is 340 g/mol. The van der Waals surface area contributed by atoms with Gasteiger partial charge in [-0.25, -0.2) is 4.79 Å². The highest BCUT2D eigenvalue weighted by Gasteiger charge is 2.32.